The molecule has 33 heavy (non-hydrogen) atoms. The van der Waals surface area contributed by atoms with Crippen LogP contribution in [0.15, 0.2) is 4.79 Å². The van der Waals surface area contributed by atoms with Gasteiger partial charge in [0.1, 0.15) is 9.88 Å². The van der Waals surface area contributed by atoms with Crippen LogP contribution in [0.3, 0.4) is 0 Å². The van der Waals surface area contributed by atoms with Crippen molar-refractivity contribution in [3.05, 3.63) is 32.2 Å². The molecule has 2 aromatic rings. The van der Waals surface area contributed by atoms with Crippen LogP contribution in [-0.2, 0) is 11.8 Å². The van der Waals surface area contributed by atoms with Gasteiger partial charge in [-0.15, -0.1) is 11.3 Å². The Bertz CT molecular complexity index is 1110. The second-order valence-corrected chi connectivity index (χ2v) is 10.4. The number of likely N-dealkylation sites (tertiary alicyclic amines) is 1. The topological polar surface area (TPSA) is 97.2 Å². The number of aromatic nitrogens is 3. The number of rotatable bonds is 4. The van der Waals surface area contributed by atoms with Crippen LogP contribution in [0.25, 0.3) is 10.6 Å². The summed E-state index contributed by atoms with van der Waals surface area (Å²) in [7, 11) is 1.62. The Balaban J connectivity index is 1.41. The zero-order valence-electron chi connectivity index (χ0n) is 19.9. The van der Waals surface area contributed by atoms with Gasteiger partial charge in [-0.3, -0.25) is 14.4 Å². The van der Waals surface area contributed by atoms with E-state index >= 15 is 0 Å². The number of nitrogens with zero attached hydrogens (tertiary/aromatic N) is 4. The summed E-state index contributed by atoms with van der Waals surface area (Å²) in [5.41, 5.74) is 2.46. The normalized spacial score (nSPS) is 17.9. The molecular formula is C24H33N5O3S. The van der Waals surface area contributed by atoms with Crippen molar-refractivity contribution in [3.63, 3.8) is 0 Å². The van der Waals surface area contributed by atoms with E-state index in [4.69, 9.17) is 0 Å². The van der Waals surface area contributed by atoms with Crippen LogP contribution in [0.5, 0.6) is 0 Å². The molecule has 1 aliphatic heterocycles. The van der Waals surface area contributed by atoms with Crippen molar-refractivity contribution in [1.82, 2.24) is 25.0 Å². The average Bonchev–Trinajstić information content (AvgIpc) is 3.20. The van der Waals surface area contributed by atoms with Crippen molar-refractivity contribution >= 4 is 23.2 Å². The molecule has 2 aliphatic rings. The lowest BCUT2D eigenvalue weighted by Crippen LogP contribution is -2.48. The van der Waals surface area contributed by atoms with Gasteiger partial charge in [0, 0.05) is 32.1 Å². The highest BCUT2D eigenvalue weighted by Crippen LogP contribution is 2.29. The molecule has 0 aromatic carbocycles. The molecule has 0 radical (unpaired) electrons. The molecule has 2 fully saturated rings. The van der Waals surface area contributed by atoms with E-state index in [0.717, 1.165) is 49.8 Å². The Morgan fingerprint density at radius 3 is 2.33 bits per heavy atom. The van der Waals surface area contributed by atoms with Gasteiger partial charge in [-0.2, -0.15) is 5.10 Å². The van der Waals surface area contributed by atoms with E-state index < -0.39 is 0 Å². The van der Waals surface area contributed by atoms with Gasteiger partial charge in [0.15, 0.2) is 0 Å². The number of hydrogen-bond acceptors (Lipinski definition) is 6. The van der Waals surface area contributed by atoms with Crippen LogP contribution < -0.4 is 10.9 Å². The summed E-state index contributed by atoms with van der Waals surface area (Å²) in [6.07, 6.45) is 7.11. The van der Waals surface area contributed by atoms with Crippen molar-refractivity contribution < 1.29 is 9.59 Å². The molecule has 1 N–H and O–H groups in total. The van der Waals surface area contributed by atoms with Gasteiger partial charge in [-0.25, -0.2) is 9.67 Å². The molecule has 2 amide bonds. The van der Waals surface area contributed by atoms with Crippen LogP contribution in [0.2, 0.25) is 0 Å². The molecule has 3 heterocycles. The minimum absolute atomic E-state index is 0.0376. The van der Waals surface area contributed by atoms with Crippen molar-refractivity contribution in [1.29, 1.82) is 0 Å². The summed E-state index contributed by atoms with van der Waals surface area (Å²) >= 11 is 1.25. The maximum absolute atomic E-state index is 13.0. The Kier molecular flexibility index (Phi) is 6.97. The molecule has 0 spiro atoms. The van der Waals surface area contributed by atoms with Gasteiger partial charge in [-0.1, -0.05) is 19.3 Å². The summed E-state index contributed by atoms with van der Waals surface area (Å²) in [6, 6.07) is 0.0376. The third kappa shape index (κ3) is 4.88. The Morgan fingerprint density at radius 1 is 1.00 bits per heavy atom. The lowest BCUT2D eigenvalue weighted by atomic mass is 9.87. The lowest BCUT2D eigenvalue weighted by molar-refractivity contribution is -0.137. The fourth-order valence-corrected chi connectivity index (χ4v) is 5.98. The zero-order chi connectivity index (χ0) is 23.7. The Hall–Kier alpha value is -2.55. The van der Waals surface area contributed by atoms with E-state index in [1.165, 1.54) is 22.4 Å². The van der Waals surface area contributed by atoms with Gasteiger partial charge in [0.05, 0.1) is 17.0 Å². The number of thiazole rings is 1. The minimum Gasteiger partial charge on any atom is -0.348 e. The average molecular weight is 472 g/mol. The van der Waals surface area contributed by atoms with E-state index in [1.807, 2.05) is 18.7 Å². The first-order valence-corrected chi connectivity index (χ1v) is 12.7. The van der Waals surface area contributed by atoms with Crippen molar-refractivity contribution in [2.24, 2.45) is 13.0 Å². The number of carbonyl (C=O) groups is 2. The fourth-order valence-electron chi connectivity index (χ4n) is 4.92. The molecule has 178 valence electrons. The van der Waals surface area contributed by atoms with Crippen LogP contribution >= 0.6 is 11.3 Å². The number of piperidine rings is 1. The van der Waals surface area contributed by atoms with Crippen LogP contribution in [0, 0.1) is 26.7 Å². The quantitative estimate of drug-likeness (QED) is 0.739. The third-order valence-electron chi connectivity index (χ3n) is 7.04. The summed E-state index contributed by atoms with van der Waals surface area (Å²) in [4.78, 5) is 45.6. The van der Waals surface area contributed by atoms with Gasteiger partial charge >= 0.3 is 0 Å². The molecule has 1 saturated carbocycles. The van der Waals surface area contributed by atoms with Crippen molar-refractivity contribution in [3.8, 4) is 10.6 Å². The maximum Gasteiger partial charge on any atom is 0.277 e. The lowest BCUT2D eigenvalue weighted by Gasteiger charge is -2.35. The predicted octanol–water partition coefficient (Wildman–Crippen LogP) is 3.13. The van der Waals surface area contributed by atoms with Crippen LogP contribution in [0.1, 0.15) is 71.6 Å². The molecule has 4 rings (SSSR count). The predicted molar refractivity (Wildman–Crippen MR) is 128 cm³/mol. The molecule has 9 heteroatoms. The second-order valence-electron chi connectivity index (χ2n) is 9.36. The maximum atomic E-state index is 13.0. The summed E-state index contributed by atoms with van der Waals surface area (Å²) < 4.78 is 1.32. The number of aryl methyl sites for hydroxylation is 3. The van der Waals surface area contributed by atoms with Gasteiger partial charge in [0.2, 0.25) is 5.91 Å². The minimum atomic E-state index is -0.214. The van der Waals surface area contributed by atoms with Gasteiger partial charge < -0.3 is 10.2 Å². The van der Waals surface area contributed by atoms with Crippen LogP contribution in [0.4, 0.5) is 0 Å². The molecule has 0 atom stereocenters. The molecule has 2 aromatic heterocycles. The number of carbonyl (C=O) groups excluding carboxylic acids is 2. The van der Waals surface area contributed by atoms with E-state index in [9.17, 15) is 14.4 Å². The standard InChI is InChI=1S/C24H33N5O3S/c1-14-15(2)27-28(4)24(32)19(14)22-25-16(3)20(33-22)21(30)26-18-10-12-29(13-11-18)23(31)17-8-6-5-7-9-17/h17-18H,5-13H2,1-4H3,(H,26,30). The van der Waals surface area contributed by atoms with Gasteiger partial charge in [-0.05, 0) is 52.0 Å². The van der Waals surface area contributed by atoms with Crippen molar-refractivity contribution in [2.75, 3.05) is 13.1 Å². The Morgan fingerprint density at radius 2 is 1.67 bits per heavy atom. The summed E-state index contributed by atoms with van der Waals surface area (Å²) in [6.45, 7) is 6.90. The largest absolute Gasteiger partial charge is 0.348 e. The van der Waals surface area contributed by atoms with Gasteiger partial charge in [0.25, 0.3) is 11.5 Å². The number of nitrogens with one attached hydrogen (secondary N) is 1. The summed E-state index contributed by atoms with van der Waals surface area (Å²) in [5, 5.41) is 7.90. The number of hydrogen-bond donors (Lipinski definition) is 1. The highest BCUT2D eigenvalue weighted by atomic mass is 32.1. The van der Waals surface area contributed by atoms with Crippen molar-refractivity contribution in [2.45, 2.75) is 71.8 Å². The third-order valence-corrected chi connectivity index (χ3v) is 8.21. The highest BCUT2D eigenvalue weighted by molar-refractivity contribution is 7.17. The van der Waals surface area contributed by atoms with Crippen LogP contribution in [-0.4, -0.2) is 50.6 Å². The molecule has 8 nitrogen and oxygen atoms in total. The summed E-state index contributed by atoms with van der Waals surface area (Å²) in [5.74, 6) is 0.330. The molecule has 1 saturated heterocycles. The SMILES string of the molecule is Cc1nc(-c2c(C)c(C)nn(C)c2=O)sc1C(=O)NC1CCN(C(=O)C2CCCCC2)CC1. The number of amides is 2. The first-order chi connectivity index (χ1) is 15.8. The Labute approximate surface area is 198 Å². The van der Waals surface area contributed by atoms with E-state index in [-0.39, 0.29) is 23.4 Å². The molecule has 0 unspecified atom stereocenters. The molecule has 1 aliphatic carbocycles. The fraction of sp³-hybridized carbons (Fsp3) is 0.625. The molecular weight excluding hydrogens is 438 g/mol. The molecule has 0 bridgehead atoms. The highest BCUT2D eigenvalue weighted by Gasteiger charge is 2.30. The van der Waals surface area contributed by atoms with E-state index in [0.29, 0.717) is 40.1 Å². The van der Waals surface area contributed by atoms with E-state index in [2.05, 4.69) is 15.4 Å². The zero-order valence-corrected chi connectivity index (χ0v) is 20.8. The van der Waals surface area contributed by atoms with E-state index in [1.54, 1.807) is 14.0 Å². The smallest absolute Gasteiger partial charge is 0.277 e. The first-order valence-electron chi connectivity index (χ1n) is 11.9. The second kappa shape index (κ2) is 9.75. The first kappa shape index (κ1) is 23.6. The monoisotopic (exact) mass is 471 g/mol.